The van der Waals surface area contributed by atoms with Crippen molar-refractivity contribution in [3.63, 3.8) is 0 Å². The number of nitro groups is 1. The predicted molar refractivity (Wildman–Crippen MR) is 117 cm³/mol. The van der Waals surface area contributed by atoms with Crippen molar-refractivity contribution in [3.05, 3.63) is 104 Å². The molecule has 0 saturated carbocycles. The molecule has 0 saturated heterocycles. The van der Waals surface area contributed by atoms with E-state index in [4.69, 9.17) is 13.9 Å². The molecule has 4 aromatic rings. The molecule has 0 aliphatic rings. The number of nitro benzene ring substituents is 1. The van der Waals surface area contributed by atoms with Crippen LogP contribution in [0.25, 0.3) is 22.1 Å². The standard InChI is InChI=1S/C24H17NO7/c1-30-24(27)17-4-2-3-15(11-17)13-31-19-9-10-20-22(12-19)32-14-21(23(20)26)16-5-7-18(8-6-16)25(28)29/h2-12,14H,13H2,1H3. The van der Waals surface area contributed by atoms with Gasteiger partial charge in [0.1, 0.15) is 24.2 Å². The van der Waals surface area contributed by atoms with Crippen molar-refractivity contribution in [1.29, 1.82) is 0 Å². The van der Waals surface area contributed by atoms with Gasteiger partial charge in [-0.05, 0) is 47.5 Å². The van der Waals surface area contributed by atoms with Crippen molar-refractivity contribution < 1.29 is 23.6 Å². The summed E-state index contributed by atoms with van der Waals surface area (Å²) in [5.41, 5.74) is 2.08. The molecule has 0 bridgehead atoms. The molecule has 0 aliphatic carbocycles. The van der Waals surface area contributed by atoms with Crippen molar-refractivity contribution in [2.45, 2.75) is 6.61 Å². The molecule has 160 valence electrons. The number of nitrogens with zero attached hydrogens (tertiary/aromatic N) is 1. The zero-order chi connectivity index (χ0) is 22.7. The number of ether oxygens (including phenoxy) is 2. The maximum atomic E-state index is 12.9. The van der Waals surface area contributed by atoms with E-state index in [9.17, 15) is 19.7 Å². The van der Waals surface area contributed by atoms with E-state index in [0.29, 0.717) is 33.4 Å². The van der Waals surface area contributed by atoms with Crippen molar-refractivity contribution in [3.8, 4) is 16.9 Å². The third-order valence-electron chi connectivity index (χ3n) is 4.89. The van der Waals surface area contributed by atoms with Gasteiger partial charge in [0.15, 0.2) is 5.43 Å². The molecule has 0 spiro atoms. The summed E-state index contributed by atoms with van der Waals surface area (Å²) in [4.78, 5) is 34.9. The third-order valence-corrected chi connectivity index (χ3v) is 4.89. The Bertz CT molecular complexity index is 1370. The Hall–Kier alpha value is -4.46. The van der Waals surface area contributed by atoms with Crippen LogP contribution in [0, 0.1) is 10.1 Å². The van der Waals surface area contributed by atoms with Crippen LogP contribution in [0.2, 0.25) is 0 Å². The molecule has 3 aromatic carbocycles. The van der Waals surface area contributed by atoms with Gasteiger partial charge in [-0.1, -0.05) is 12.1 Å². The number of esters is 1. The average molecular weight is 431 g/mol. The van der Waals surface area contributed by atoms with Gasteiger partial charge in [-0.15, -0.1) is 0 Å². The third kappa shape index (κ3) is 4.20. The number of non-ortho nitro benzene ring substituents is 1. The van der Waals surface area contributed by atoms with Crippen LogP contribution >= 0.6 is 0 Å². The second kappa shape index (κ2) is 8.73. The number of carbonyl (C=O) groups is 1. The quantitative estimate of drug-likeness (QED) is 0.246. The van der Waals surface area contributed by atoms with E-state index < -0.39 is 10.9 Å². The minimum Gasteiger partial charge on any atom is -0.489 e. The van der Waals surface area contributed by atoms with E-state index in [1.807, 2.05) is 6.07 Å². The molecule has 8 nitrogen and oxygen atoms in total. The average Bonchev–Trinajstić information content (AvgIpc) is 2.82. The van der Waals surface area contributed by atoms with Gasteiger partial charge < -0.3 is 13.9 Å². The van der Waals surface area contributed by atoms with Gasteiger partial charge in [0.2, 0.25) is 0 Å². The number of hydrogen-bond donors (Lipinski definition) is 0. The summed E-state index contributed by atoms with van der Waals surface area (Å²) >= 11 is 0. The number of benzene rings is 3. The maximum Gasteiger partial charge on any atom is 0.337 e. The minimum absolute atomic E-state index is 0.0576. The highest BCUT2D eigenvalue weighted by Crippen LogP contribution is 2.25. The molecule has 1 aromatic heterocycles. The summed E-state index contributed by atoms with van der Waals surface area (Å²) in [5, 5.41) is 11.2. The smallest absolute Gasteiger partial charge is 0.337 e. The summed E-state index contributed by atoms with van der Waals surface area (Å²) in [6.07, 6.45) is 1.33. The molecule has 1 heterocycles. The second-order valence-corrected chi connectivity index (χ2v) is 6.92. The van der Waals surface area contributed by atoms with Crippen LogP contribution in [-0.4, -0.2) is 18.0 Å². The lowest BCUT2D eigenvalue weighted by molar-refractivity contribution is -0.384. The predicted octanol–water partition coefficient (Wildman–Crippen LogP) is 4.73. The van der Waals surface area contributed by atoms with Gasteiger partial charge in [0, 0.05) is 18.2 Å². The zero-order valence-electron chi connectivity index (χ0n) is 16.9. The zero-order valence-corrected chi connectivity index (χ0v) is 16.9. The van der Waals surface area contributed by atoms with Crippen LogP contribution in [0.1, 0.15) is 15.9 Å². The fourth-order valence-corrected chi connectivity index (χ4v) is 3.23. The molecule has 0 atom stereocenters. The first-order chi connectivity index (χ1) is 15.5. The highest BCUT2D eigenvalue weighted by Gasteiger charge is 2.12. The van der Waals surface area contributed by atoms with E-state index in [1.165, 1.54) is 37.6 Å². The van der Waals surface area contributed by atoms with E-state index >= 15 is 0 Å². The summed E-state index contributed by atoms with van der Waals surface area (Å²) in [7, 11) is 1.32. The van der Waals surface area contributed by atoms with Gasteiger partial charge >= 0.3 is 5.97 Å². The normalized spacial score (nSPS) is 10.7. The van der Waals surface area contributed by atoms with Gasteiger partial charge in [-0.2, -0.15) is 0 Å². The molecule has 0 N–H and O–H groups in total. The van der Waals surface area contributed by atoms with Crippen LogP contribution in [0.3, 0.4) is 0 Å². The molecular formula is C24H17NO7. The highest BCUT2D eigenvalue weighted by atomic mass is 16.6. The first kappa shape index (κ1) is 20.8. The molecule has 4 rings (SSSR count). The van der Waals surface area contributed by atoms with E-state index in [1.54, 1.807) is 36.4 Å². The van der Waals surface area contributed by atoms with Gasteiger partial charge in [-0.3, -0.25) is 14.9 Å². The number of rotatable bonds is 6. The Morgan fingerprint density at radius 1 is 1.06 bits per heavy atom. The maximum absolute atomic E-state index is 12.9. The van der Waals surface area contributed by atoms with E-state index in [0.717, 1.165) is 5.56 Å². The van der Waals surface area contributed by atoms with E-state index in [-0.39, 0.29) is 17.7 Å². The molecular weight excluding hydrogens is 414 g/mol. The lowest BCUT2D eigenvalue weighted by Gasteiger charge is -2.09. The fraction of sp³-hybridized carbons (Fsp3) is 0.0833. The summed E-state index contributed by atoms with van der Waals surface area (Å²) in [6.45, 7) is 0.210. The Morgan fingerprint density at radius 3 is 2.56 bits per heavy atom. The first-order valence-corrected chi connectivity index (χ1v) is 9.56. The molecule has 0 unspecified atom stereocenters. The number of fused-ring (bicyclic) bond motifs is 1. The summed E-state index contributed by atoms with van der Waals surface area (Å²) < 4.78 is 16.1. The second-order valence-electron chi connectivity index (χ2n) is 6.92. The Morgan fingerprint density at radius 2 is 1.84 bits per heavy atom. The van der Waals surface area contributed by atoms with Crippen molar-refractivity contribution in [2.24, 2.45) is 0 Å². The van der Waals surface area contributed by atoms with Crippen LogP contribution in [-0.2, 0) is 11.3 Å². The van der Waals surface area contributed by atoms with Crippen molar-refractivity contribution in [2.75, 3.05) is 7.11 Å². The van der Waals surface area contributed by atoms with Crippen molar-refractivity contribution >= 4 is 22.6 Å². The minimum atomic E-state index is -0.500. The van der Waals surface area contributed by atoms with Crippen LogP contribution in [0.5, 0.6) is 5.75 Å². The largest absolute Gasteiger partial charge is 0.489 e. The molecule has 32 heavy (non-hydrogen) atoms. The topological polar surface area (TPSA) is 109 Å². The summed E-state index contributed by atoms with van der Waals surface area (Å²) in [5.74, 6) is 0.0652. The molecule has 0 fully saturated rings. The van der Waals surface area contributed by atoms with Crippen LogP contribution in [0.4, 0.5) is 5.69 Å². The molecule has 0 amide bonds. The van der Waals surface area contributed by atoms with Crippen LogP contribution < -0.4 is 10.2 Å². The van der Waals surface area contributed by atoms with Gasteiger partial charge in [-0.25, -0.2) is 4.79 Å². The van der Waals surface area contributed by atoms with Crippen molar-refractivity contribution in [1.82, 2.24) is 0 Å². The monoisotopic (exact) mass is 431 g/mol. The fourth-order valence-electron chi connectivity index (χ4n) is 3.23. The number of carbonyl (C=O) groups excluding carboxylic acids is 1. The molecule has 0 aliphatic heterocycles. The Labute approximate surface area is 181 Å². The van der Waals surface area contributed by atoms with Gasteiger partial charge in [0.05, 0.1) is 28.5 Å². The van der Waals surface area contributed by atoms with Gasteiger partial charge in [0.25, 0.3) is 5.69 Å². The first-order valence-electron chi connectivity index (χ1n) is 9.56. The van der Waals surface area contributed by atoms with Crippen LogP contribution in [0.15, 0.2) is 82.2 Å². The Kier molecular flexibility index (Phi) is 5.67. The molecule has 0 radical (unpaired) electrons. The lowest BCUT2D eigenvalue weighted by Crippen LogP contribution is -2.05. The number of hydrogen-bond acceptors (Lipinski definition) is 7. The highest BCUT2D eigenvalue weighted by molar-refractivity contribution is 5.89. The lowest BCUT2D eigenvalue weighted by atomic mass is 10.1. The Balaban J connectivity index is 1.56. The molecule has 8 heteroatoms. The SMILES string of the molecule is COC(=O)c1cccc(COc2ccc3c(=O)c(-c4ccc([N+](=O)[O-])cc4)coc3c2)c1. The van der Waals surface area contributed by atoms with E-state index in [2.05, 4.69) is 0 Å². The number of methoxy groups -OCH3 is 1. The summed E-state index contributed by atoms with van der Waals surface area (Å²) in [6, 6.07) is 17.5.